The number of carbonyl (C=O) groups excluding carboxylic acids is 3. The summed E-state index contributed by atoms with van der Waals surface area (Å²) >= 11 is 0. The normalized spacial score (nSPS) is 29.5. The first-order valence-electron chi connectivity index (χ1n) is 9.57. The topological polar surface area (TPSA) is 69.7 Å². The van der Waals surface area contributed by atoms with E-state index < -0.39 is 5.60 Å². The average Bonchev–Trinajstić information content (AvgIpc) is 2.69. The Morgan fingerprint density at radius 3 is 2.35 bits per heavy atom. The van der Waals surface area contributed by atoms with E-state index in [0.29, 0.717) is 19.3 Å². The van der Waals surface area contributed by atoms with E-state index >= 15 is 0 Å². The van der Waals surface area contributed by atoms with Crippen LogP contribution in [0.15, 0.2) is 11.1 Å². The molecule has 4 atom stereocenters. The van der Waals surface area contributed by atoms with Crippen molar-refractivity contribution in [1.82, 2.24) is 0 Å². The lowest BCUT2D eigenvalue weighted by Gasteiger charge is -2.38. The molecule has 1 fully saturated rings. The van der Waals surface area contributed by atoms with Crippen molar-refractivity contribution < 1.29 is 23.9 Å². The Kier molecular flexibility index (Phi) is 5.99. The number of allylic oxidation sites excluding steroid dienone is 2. The molecular weight excluding hydrogens is 332 g/mol. The Morgan fingerprint density at radius 2 is 1.81 bits per heavy atom. The molecule has 0 unspecified atom stereocenters. The molecule has 0 radical (unpaired) electrons. The van der Waals surface area contributed by atoms with Crippen LogP contribution in [0.5, 0.6) is 0 Å². The summed E-state index contributed by atoms with van der Waals surface area (Å²) in [6.45, 7) is 12.8. The van der Waals surface area contributed by atoms with Crippen LogP contribution in [0.4, 0.5) is 0 Å². The zero-order valence-electron chi connectivity index (χ0n) is 17.0. The Balaban J connectivity index is 2.42. The first-order valence-corrected chi connectivity index (χ1v) is 9.57. The maximum atomic E-state index is 12.3. The van der Waals surface area contributed by atoms with Crippen LogP contribution in [0.3, 0.4) is 0 Å². The first-order chi connectivity index (χ1) is 11.9. The van der Waals surface area contributed by atoms with Gasteiger partial charge >= 0.3 is 11.9 Å². The fourth-order valence-electron chi connectivity index (χ4n) is 4.40. The molecule has 2 aliphatic carbocycles. The highest BCUT2D eigenvalue weighted by Gasteiger charge is 2.47. The third-order valence-electron chi connectivity index (χ3n) is 5.97. The number of rotatable bonds is 4. The molecule has 146 valence electrons. The molecular formula is C21H32O5. The smallest absolute Gasteiger partial charge is 0.308 e. The van der Waals surface area contributed by atoms with E-state index in [1.54, 1.807) is 0 Å². The number of hydrogen-bond donors (Lipinski definition) is 0. The van der Waals surface area contributed by atoms with Gasteiger partial charge in [-0.2, -0.15) is 0 Å². The maximum Gasteiger partial charge on any atom is 0.308 e. The van der Waals surface area contributed by atoms with Gasteiger partial charge in [0.15, 0.2) is 5.78 Å². The van der Waals surface area contributed by atoms with Crippen molar-refractivity contribution in [1.29, 1.82) is 0 Å². The van der Waals surface area contributed by atoms with Gasteiger partial charge in [-0.15, -0.1) is 0 Å². The molecule has 1 saturated carbocycles. The van der Waals surface area contributed by atoms with Gasteiger partial charge in [0, 0.05) is 19.3 Å². The second-order valence-corrected chi connectivity index (χ2v) is 8.73. The highest BCUT2D eigenvalue weighted by atomic mass is 16.6. The van der Waals surface area contributed by atoms with Crippen LogP contribution < -0.4 is 0 Å². The highest BCUT2D eigenvalue weighted by Crippen LogP contribution is 2.47. The van der Waals surface area contributed by atoms with E-state index in [4.69, 9.17) is 9.47 Å². The predicted molar refractivity (Wildman–Crippen MR) is 98.3 cm³/mol. The minimum atomic E-state index is -0.790. The van der Waals surface area contributed by atoms with Crippen LogP contribution in [0.1, 0.15) is 67.7 Å². The van der Waals surface area contributed by atoms with Crippen molar-refractivity contribution in [2.45, 2.75) is 79.4 Å². The molecule has 0 heterocycles. The van der Waals surface area contributed by atoms with Gasteiger partial charge in [0.05, 0.1) is 5.92 Å². The fourth-order valence-corrected chi connectivity index (χ4v) is 4.40. The minimum Gasteiger partial charge on any atom is -0.462 e. The summed E-state index contributed by atoms with van der Waals surface area (Å²) in [7, 11) is 0. The summed E-state index contributed by atoms with van der Waals surface area (Å²) in [5, 5.41) is 0. The quantitative estimate of drug-likeness (QED) is 0.709. The number of ether oxygens (including phenoxy) is 2. The minimum absolute atomic E-state index is 0.183. The largest absolute Gasteiger partial charge is 0.462 e. The molecule has 5 nitrogen and oxygen atoms in total. The standard InChI is InChI=1S/C21H32O5/c1-11(2)20(24)25-19-8-12(3)15-10-18(23)13(4)16(15)9-17(19)21(6,7)26-14(5)22/h11-12,15,17,19H,8-10H2,1-7H3/t12-,15+,17-,19+/m0/s1. The van der Waals surface area contributed by atoms with Gasteiger partial charge in [-0.05, 0) is 51.0 Å². The molecule has 0 aliphatic heterocycles. The Morgan fingerprint density at radius 1 is 1.19 bits per heavy atom. The van der Waals surface area contributed by atoms with Crippen LogP contribution in [-0.4, -0.2) is 29.4 Å². The Hall–Kier alpha value is -1.65. The lowest BCUT2D eigenvalue weighted by molar-refractivity contribution is -0.173. The molecule has 0 aromatic rings. The number of fused-ring (bicyclic) bond motifs is 1. The summed E-state index contributed by atoms with van der Waals surface area (Å²) in [5.74, 6) is -0.356. The Bertz CT molecular complexity index is 628. The zero-order chi connectivity index (χ0) is 19.8. The zero-order valence-corrected chi connectivity index (χ0v) is 17.0. The number of hydrogen-bond acceptors (Lipinski definition) is 5. The molecule has 0 aromatic heterocycles. The monoisotopic (exact) mass is 364 g/mol. The van der Waals surface area contributed by atoms with Gasteiger partial charge in [-0.1, -0.05) is 26.3 Å². The molecule has 2 aliphatic rings. The van der Waals surface area contributed by atoms with Gasteiger partial charge in [0.1, 0.15) is 11.7 Å². The molecule has 26 heavy (non-hydrogen) atoms. The predicted octanol–water partition coefficient (Wildman–Crippen LogP) is 3.85. The SMILES string of the molecule is CC(=O)OC(C)(C)[C@H]1CC2=C(C)C(=O)C[C@@H]2[C@@H](C)C[C@H]1OC(=O)C(C)C. The molecule has 0 aromatic carbocycles. The van der Waals surface area contributed by atoms with E-state index in [0.717, 1.165) is 11.1 Å². The number of ketones is 1. The van der Waals surface area contributed by atoms with Gasteiger partial charge in [0.25, 0.3) is 0 Å². The Labute approximate surface area is 156 Å². The van der Waals surface area contributed by atoms with Crippen molar-refractivity contribution in [3.63, 3.8) is 0 Å². The number of carbonyl (C=O) groups is 3. The van der Waals surface area contributed by atoms with E-state index in [9.17, 15) is 14.4 Å². The van der Waals surface area contributed by atoms with Crippen LogP contribution in [0, 0.1) is 23.7 Å². The fraction of sp³-hybridized carbons (Fsp3) is 0.762. The van der Waals surface area contributed by atoms with E-state index in [1.807, 2.05) is 34.6 Å². The van der Waals surface area contributed by atoms with Gasteiger partial charge in [0.2, 0.25) is 0 Å². The van der Waals surface area contributed by atoms with E-state index in [-0.39, 0.29) is 47.5 Å². The molecule has 0 spiro atoms. The van der Waals surface area contributed by atoms with Crippen LogP contribution >= 0.6 is 0 Å². The van der Waals surface area contributed by atoms with Crippen molar-refractivity contribution in [3.05, 3.63) is 11.1 Å². The summed E-state index contributed by atoms with van der Waals surface area (Å²) in [6, 6.07) is 0. The second-order valence-electron chi connectivity index (χ2n) is 8.73. The third-order valence-corrected chi connectivity index (χ3v) is 5.97. The number of esters is 2. The summed E-state index contributed by atoms with van der Waals surface area (Å²) in [5.41, 5.74) is 1.19. The van der Waals surface area contributed by atoms with Crippen molar-refractivity contribution in [3.8, 4) is 0 Å². The van der Waals surface area contributed by atoms with Gasteiger partial charge < -0.3 is 9.47 Å². The van der Waals surface area contributed by atoms with Gasteiger partial charge in [-0.25, -0.2) is 0 Å². The molecule has 2 rings (SSSR count). The summed E-state index contributed by atoms with van der Waals surface area (Å²) in [6.07, 6.45) is 1.48. The lowest BCUT2D eigenvalue weighted by Crippen LogP contribution is -2.45. The summed E-state index contributed by atoms with van der Waals surface area (Å²) < 4.78 is 11.5. The first kappa shape index (κ1) is 20.7. The summed E-state index contributed by atoms with van der Waals surface area (Å²) in [4.78, 5) is 36.2. The maximum absolute atomic E-state index is 12.3. The van der Waals surface area contributed by atoms with Crippen molar-refractivity contribution >= 4 is 17.7 Å². The second kappa shape index (κ2) is 7.53. The third kappa shape index (κ3) is 4.18. The molecule has 0 bridgehead atoms. The van der Waals surface area contributed by atoms with E-state index in [1.165, 1.54) is 6.92 Å². The van der Waals surface area contributed by atoms with Gasteiger partial charge in [-0.3, -0.25) is 14.4 Å². The molecule has 0 amide bonds. The van der Waals surface area contributed by atoms with E-state index in [2.05, 4.69) is 6.92 Å². The number of Topliss-reactive ketones (excluding diaryl/α,β-unsaturated/α-hetero) is 1. The van der Waals surface area contributed by atoms with Crippen molar-refractivity contribution in [2.24, 2.45) is 23.7 Å². The highest BCUT2D eigenvalue weighted by molar-refractivity contribution is 5.98. The lowest BCUT2D eigenvalue weighted by atomic mass is 9.80. The molecule has 5 heteroatoms. The average molecular weight is 364 g/mol. The van der Waals surface area contributed by atoms with Crippen LogP contribution in [-0.2, 0) is 23.9 Å². The van der Waals surface area contributed by atoms with Crippen LogP contribution in [0.25, 0.3) is 0 Å². The van der Waals surface area contributed by atoms with Crippen molar-refractivity contribution in [2.75, 3.05) is 0 Å². The molecule has 0 saturated heterocycles. The molecule has 0 N–H and O–H groups in total. The van der Waals surface area contributed by atoms with Crippen LogP contribution in [0.2, 0.25) is 0 Å².